The number of rotatable bonds is 10. The van der Waals surface area contributed by atoms with Crippen LogP contribution < -0.4 is 10.6 Å². The van der Waals surface area contributed by atoms with Crippen molar-refractivity contribution in [2.45, 2.75) is 47.7 Å². The summed E-state index contributed by atoms with van der Waals surface area (Å²) in [5, 5.41) is 6.70. The molecular formula is C53H45FN12. The Morgan fingerprint density at radius 3 is 1.27 bits per heavy atom. The molecule has 2 N–H and O–H groups in total. The van der Waals surface area contributed by atoms with Crippen molar-refractivity contribution in [3.8, 4) is 44.8 Å². The number of nitrogens with one attached hydrogen (secondary N) is 2. The van der Waals surface area contributed by atoms with Crippen LogP contribution in [-0.2, 0) is 13.1 Å². The van der Waals surface area contributed by atoms with Crippen molar-refractivity contribution in [1.82, 2.24) is 49.8 Å². The highest BCUT2D eigenvalue weighted by atomic mass is 19.1. The average Bonchev–Trinajstić information content (AvgIpc) is 3.32. The molecule has 12 nitrogen and oxygen atoms in total. The minimum atomic E-state index is -0.275. The molecule has 0 radical (unpaired) electrons. The number of nitrogens with zero attached hydrogens (tertiary/aromatic N) is 10. The molecule has 0 bridgehead atoms. The van der Waals surface area contributed by atoms with E-state index in [-0.39, 0.29) is 5.82 Å². The van der Waals surface area contributed by atoms with Gasteiger partial charge in [0.05, 0.1) is 34.8 Å². The first-order valence-corrected chi connectivity index (χ1v) is 21.4. The molecule has 0 atom stereocenters. The lowest BCUT2D eigenvalue weighted by Gasteiger charge is -2.12. The highest BCUT2D eigenvalue weighted by Gasteiger charge is 2.12. The van der Waals surface area contributed by atoms with Crippen LogP contribution in [0.25, 0.3) is 66.8 Å². The predicted octanol–water partition coefficient (Wildman–Crippen LogP) is 11.2. The number of aromatic nitrogens is 10. The van der Waals surface area contributed by atoms with Crippen LogP contribution in [0.4, 0.5) is 16.0 Å². The summed E-state index contributed by atoms with van der Waals surface area (Å²) in [5.74, 6) is 1.05. The van der Waals surface area contributed by atoms with E-state index in [1.807, 2.05) is 94.6 Å². The lowest BCUT2D eigenvalue weighted by atomic mass is 9.98. The van der Waals surface area contributed by atoms with Crippen LogP contribution in [0.1, 0.15) is 39.5 Å². The molecule has 0 saturated heterocycles. The molecular weight excluding hydrogens is 824 g/mol. The Morgan fingerprint density at radius 1 is 0.409 bits per heavy atom. The van der Waals surface area contributed by atoms with Gasteiger partial charge in [0.2, 0.25) is 0 Å². The fourth-order valence-electron chi connectivity index (χ4n) is 7.70. The highest BCUT2D eigenvalue weighted by Crippen LogP contribution is 2.28. The van der Waals surface area contributed by atoms with Gasteiger partial charge in [-0.15, -0.1) is 0 Å². The van der Waals surface area contributed by atoms with Gasteiger partial charge in [0.15, 0.2) is 11.6 Å². The number of hydrogen-bond donors (Lipinski definition) is 2. The maximum atomic E-state index is 14.8. The monoisotopic (exact) mass is 868 g/mol. The van der Waals surface area contributed by atoms with Gasteiger partial charge in [0, 0.05) is 89.7 Å². The lowest BCUT2D eigenvalue weighted by molar-refractivity contribution is 0.629. The second kappa shape index (κ2) is 19.1. The van der Waals surface area contributed by atoms with E-state index in [9.17, 15) is 4.39 Å². The number of fused-ring (bicyclic) bond motifs is 2. The maximum Gasteiger partial charge on any atom is 0.154 e. The van der Waals surface area contributed by atoms with Crippen LogP contribution in [0.3, 0.4) is 0 Å². The van der Waals surface area contributed by atoms with Crippen LogP contribution in [0.2, 0.25) is 0 Å². The van der Waals surface area contributed by atoms with Gasteiger partial charge in [-0.05, 0) is 135 Å². The molecule has 324 valence electrons. The molecule has 2 aromatic carbocycles. The van der Waals surface area contributed by atoms with Gasteiger partial charge in [-0.25, -0.2) is 34.3 Å². The average molecular weight is 869 g/mol. The molecule has 10 rings (SSSR count). The number of benzene rings is 2. The van der Waals surface area contributed by atoms with Crippen molar-refractivity contribution < 1.29 is 4.39 Å². The van der Waals surface area contributed by atoms with Gasteiger partial charge in [-0.2, -0.15) is 0 Å². The zero-order valence-corrected chi connectivity index (χ0v) is 37.1. The third kappa shape index (κ3) is 9.85. The maximum absolute atomic E-state index is 14.8. The van der Waals surface area contributed by atoms with E-state index < -0.39 is 0 Å². The number of hydrogen-bond acceptors (Lipinski definition) is 12. The number of aryl methyl sites for hydroxylation is 5. The van der Waals surface area contributed by atoms with E-state index >= 15 is 0 Å². The predicted molar refractivity (Wildman–Crippen MR) is 259 cm³/mol. The van der Waals surface area contributed by atoms with Crippen LogP contribution in [0.5, 0.6) is 0 Å². The van der Waals surface area contributed by atoms with E-state index in [1.165, 1.54) is 22.3 Å². The molecule has 0 aliphatic rings. The molecule has 66 heavy (non-hydrogen) atoms. The number of anilines is 2. The first-order valence-electron chi connectivity index (χ1n) is 21.4. The second-order valence-corrected chi connectivity index (χ2v) is 16.0. The number of halogens is 1. The number of pyridine rings is 6. The zero-order valence-electron chi connectivity index (χ0n) is 37.1. The summed E-state index contributed by atoms with van der Waals surface area (Å²) in [6, 6.07) is 31.2. The summed E-state index contributed by atoms with van der Waals surface area (Å²) in [5.41, 5.74) is 17.2. The van der Waals surface area contributed by atoms with Gasteiger partial charge in [0.25, 0.3) is 0 Å². The van der Waals surface area contributed by atoms with Gasteiger partial charge in [-0.1, -0.05) is 30.3 Å². The van der Waals surface area contributed by atoms with Crippen molar-refractivity contribution >= 4 is 33.7 Å². The topological polar surface area (TPSA) is 153 Å². The molecule has 8 aromatic heterocycles. The van der Waals surface area contributed by atoms with Gasteiger partial charge in [-0.3, -0.25) is 19.9 Å². The van der Waals surface area contributed by atoms with E-state index in [0.717, 1.165) is 78.8 Å². The largest absolute Gasteiger partial charge is 0.364 e. The SMILES string of the molecule is Cc1cc(-c2cnc3c(NCc4ccc(-c5ccnc(C)c5)c(C)c4)nccc3n2)ccn1.Cc1cc(-c2cnc3c(NCc4ccc(-c5ccnc(C)c5)c(F)c4)nccc3n2)ccn1. The molecule has 0 spiro atoms. The van der Waals surface area contributed by atoms with Gasteiger partial charge < -0.3 is 10.6 Å². The first kappa shape index (κ1) is 42.8. The summed E-state index contributed by atoms with van der Waals surface area (Å²) in [4.78, 5) is 44.7. The molecule has 0 fully saturated rings. The quantitative estimate of drug-likeness (QED) is 0.134. The zero-order chi connectivity index (χ0) is 45.6. The Morgan fingerprint density at radius 2 is 0.818 bits per heavy atom. The first-order chi connectivity index (χ1) is 32.1. The normalized spacial score (nSPS) is 11.0. The van der Waals surface area contributed by atoms with Crippen molar-refractivity contribution in [3.05, 3.63) is 192 Å². The molecule has 0 aliphatic carbocycles. The Hall–Kier alpha value is -8.45. The van der Waals surface area contributed by atoms with Crippen molar-refractivity contribution in [2.24, 2.45) is 0 Å². The molecule has 13 heteroatoms. The molecule has 0 amide bonds. The standard InChI is InChI=1S/C27H24N6.C26H21FN6/c1-17-12-20(4-5-23(17)21-6-9-28-18(2)13-21)15-32-27-26-24(8-11-30-27)33-25(16-31-26)22-7-10-29-19(3)14-22;1-16-11-19(5-8-28-16)21-4-3-18(13-22(21)27)14-32-26-25-23(7-10-30-26)33-24(15-31-25)20-6-9-29-17(2)12-20/h4-14,16H,15H2,1-3H3,(H,30,32);3-13,15H,14H2,1-2H3,(H,30,32). The Labute approximate surface area is 381 Å². The Bertz CT molecular complexity index is 3150. The third-order valence-corrected chi connectivity index (χ3v) is 11.0. The summed E-state index contributed by atoms with van der Waals surface area (Å²) in [6.45, 7) is 11.0. The van der Waals surface area contributed by atoms with Crippen molar-refractivity contribution in [1.29, 1.82) is 0 Å². The highest BCUT2D eigenvalue weighted by molar-refractivity contribution is 5.87. The minimum absolute atomic E-state index is 0.275. The summed E-state index contributed by atoms with van der Waals surface area (Å²) < 4.78 is 14.8. The van der Waals surface area contributed by atoms with Crippen molar-refractivity contribution in [3.63, 3.8) is 0 Å². The Kier molecular flexibility index (Phi) is 12.4. The molecule has 0 aliphatic heterocycles. The lowest BCUT2D eigenvalue weighted by Crippen LogP contribution is -2.04. The van der Waals surface area contributed by atoms with E-state index in [4.69, 9.17) is 9.97 Å². The van der Waals surface area contributed by atoms with Crippen LogP contribution in [-0.4, -0.2) is 49.8 Å². The molecule has 8 heterocycles. The molecule has 0 unspecified atom stereocenters. The smallest absolute Gasteiger partial charge is 0.154 e. The van der Waals surface area contributed by atoms with E-state index in [0.29, 0.717) is 30.0 Å². The summed E-state index contributed by atoms with van der Waals surface area (Å²) >= 11 is 0. The minimum Gasteiger partial charge on any atom is -0.364 e. The van der Waals surface area contributed by atoms with Crippen molar-refractivity contribution in [2.75, 3.05) is 10.6 Å². The van der Waals surface area contributed by atoms with Crippen LogP contribution in [0, 0.1) is 40.4 Å². The van der Waals surface area contributed by atoms with E-state index in [2.05, 4.69) is 81.7 Å². The summed E-state index contributed by atoms with van der Waals surface area (Å²) in [7, 11) is 0. The fraction of sp³-hybridized carbons (Fsp3) is 0.132. The molecule has 10 aromatic rings. The Balaban J connectivity index is 0.000000166. The summed E-state index contributed by atoms with van der Waals surface area (Å²) in [6.07, 6.45) is 14.1. The van der Waals surface area contributed by atoms with Gasteiger partial charge in [0.1, 0.15) is 16.9 Å². The van der Waals surface area contributed by atoms with Gasteiger partial charge >= 0.3 is 0 Å². The van der Waals surface area contributed by atoms with Crippen LogP contribution >= 0.6 is 0 Å². The fourth-order valence-corrected chi connectivity index (χ4v) is 7.70. The third-order valence-electron chi connectivity index (χ3n) is 11.0. The van der Waals surface area contributed by atoms with E-state index in [1.54, 1.807) is 55.5 Å². The second-order valence-electron chi connectivity index (χ2n) is 16.0. The van der Waals surface area contributed by atoms with Crippen LogP contribution in [0.15, 0.2) is 147 Å². The molecule has 0 saturated carbocycles.